The number of aromatic hydroxyl groups is 1. The third-order valence-electron chi connectivity index (χ3n) is 6.90. The van der Waals surface area contributed by atoms with Crippen molar-refractivity contribution in [1.82, 2.24) is 4.90 Å². The van der Waals surface area contributed by atoms with Gasteiger partial charge in [0.1, 0.15) is 11.6 Å². The number of methoxy groups -OCH3 is 1. The molecular weight excluding hydrogens is 474 g/mol. The number of hydrazone groups is 1. The summed E-state index contributed by atoms with van der Waals surface area (Å²) in [7, 11) is 1.60. The summed E-state index contributed by atoms with van der Waals surface area (Å²) < 4.78 is 5.20. The van der Waals surface area contributed by atoms with E-state index < -0.39 is 5.97 Å². The second-order valence-electron chi connectivity index (χ2n) is 9.41. The van der Waals surface area contributed by atoms with E-state index >= 15 is 0 Å². The van der Waals surface area contributed by atoms with E-state index in [1.807, 2.05) is 49.1 Å². The minimum atomic E-state index is -0.836. The maximum absolute atomic E-state index is 13.3. The van der Waals surface area contributed by atoms with E-state index in [-0.39, 0.29) is 30.0 Å². The molecule has 196 valence electrons. The largest absolute Gasteiger partial charge is 0.505 e. The zero-order chi connectivity index (χ0) is 26.5. The number of likely N-dealkylation sites (tertiary alicyclic amines) is 1. The Morgan fingerprint density at radius 2 is 1.95 bits per heavy atom. The van der Waals surface area contributed by atoms with Crippen LogP contribution in [0.3, 0.4) is 0 Å². The minimum absolute atomic E-state index is 0.00360. The Labute approximate surface area is 216 Å². The van der Waals surface area contributed by atoms with Gasteiger partial charge in [-0.15, -0.1) is 5.10 Å². The average molecular weight is 508 g/mol. The lowest BCUT2D eigenvalue weighted by Gasteiger charge is -2.31. The number of aryl methyl sites for hydroxylation is 2. The van der Waals surface area contributed by atoms with Crippen molar-refractivity contribution >= 4 is 34.9 Å². The molecule has 0 unspecified atom stereocenters. The van der Waals surface area contributed by atoms with Gasteiger partial charge >= 0.3 is 11.9 Å². The van der Waals surface area contributed by atoms with Crippen molar-refractivity contribution in [3.05, 3.63) is 53.1 Å². The van der Waals surface area contributed by atoms with Gasteiger partial charge in [-0.05, 0) is 80.6 Å². The quantitative estimate of drug-likeness (QED) is 0.350. The molecule has 1 fully saturated rings. The van der Waals surface area contributed by atoms with Crippen LogP contribution >= 0.6 is 0 Å². The Hall–Kier alpha value is -3.76. The van der Waals surface area contributed by atoms with Gasteiger partial charge in [-0.2, -0.15) is 0 Å². The number of carbonyl (C=O) groups excluding carboxylic acids is 1. The molecule has 2 heterocycles. The highest BCUT2D eigenvalue weighted by atomic mass is 16.5. The zero-order valence-corrected chi connectivity index (χ0v) is 21.4. The summed E-state index contributed by atoms with van der Waals surface area (Å²) in [4.78, 5) is 32.2. The minimum Gasteiger partial charge on any atom is -0.505 e. The van der Waals surface area contributed by atoms with Crippen LogP contribution in [-0.4, -0.2) is 72.0 Å². The van der Waals surface area contributed by atoms with Crippen LogP contribution in [0.1, 0.15) is 41.9 Å². The predicted molar refractivity (Wildman–Crippen MR) is 143 cm³/mol. The summed E-state index contributed by atoms with van der Waals surface area (Å²) in [6.07, 6.45) is 1.93. The van der Waals surface area contributed by atoms with Crippen LogP contribution in [0.4, 0.5) is 11.4 Å². The maximum atomic E-state index is 13.3. The number of benzene rings is 2. The van der Waals surface area contributed by atoms with Crippen molar-refractivity contribution in [3.8, 4) is 5.75 Å². The van der Waals surface area contributed by atoms with E-state index in [2.05, 4.69) is 15.5 Å². The van der Waals surface area contributed by atoms with Gasteiger partial charge in [0.25, 0.3) is 0 Å². The molecule has 0 bridgehead atoms. The molecule has 1 amide bonds. The van der Waals surface area contributed by atoms with Gasteiger partial charge in [-0.25, -0.2) is 4.99 Å². The number of nitrogens with one attached hydrogen (secondary N) is 1. The third kappa shape index (κ3) is 5.98. The van der Waals surface area contributed by atoms with Gasteiger partial charge in [0, 0.05) is 13.5 Å². The van der Waals surface area contributed by atoms with Crippen LogP contribution in [0, 0.1) is 13.8 Å². The fourth-order valence-electron chi connectivity index (χ4n) is 4.69. The maximum Gasteiger partial charge on any atom is 0.317 e. The molecule has 4 rings (SSSR count). The van der Waals surface area contributed by atoms with E-state index in [9.17, 15) is 14.7 Å². The van der Waals surface area contributed by atoms with Gasteiger partial charge in [-0.3, -0.25) is 24.8 Å². The number of phenolic OH excluding ortho intramolecular Hbond substituents is 1. The molecule has 0 aromatic heterocycles. The molecule has 1 saturated heterocycles. The van der Waals surface area contributed by atoms with Crippen LogP contribution < -0.4 is 10.3 Å². The Balaban J connectivity index is 1.52. The highest BCUT2D eigenvalue weighted by Gasteiger charge is 2.33. The van der Waals surface area contributed by atoms with E-state index in [0.717, 1.165) is 29.5 Å². The van der Waals surface area contributed by atoms with Gasteiger partial charge in [0.15, 0.2) is 0 Å². The molecule has 2 aliphatic rings. The van der Waals surface area contributed by atoms with Gasteiger partial charge < -0.3 is 14.9 Å². The number of para-hydroxylation sites is 1. The summed E-state index contributed by atoms with van der Waals surface area (Å²) in [5, 5.41) is 24.2. The number of hydrogen-bond acceptors (Lipinski definition) is 7. The Bertz CT molecular complexity index is 1230. The third-order valence-corrected chi connectivity index (χ3v) is 6.90. The molecule has 10 nitrogen and oxygen atoms in total. The second-order valence-corrected chi connectivity index (χ2v) is 9.41. The predicted octanol–water partition coefficient (Wildman–Crippen LogP) is 3.48. The number of ether oxygens (including phenoxy) is 1. The second kappa shape index (κ2) is 11.5. The lowest BCUT2D eigenvalue weighted by atomic mass is 9.88. The molecule has 2 aromatic rings. The molecule has 0 spiro atoms. The van der Waals surface area contributed by atoms with Crippen LogP contribution in [0.25, 0.3) is 0 Å². The van der Waals surface area contributed by atoms with Gasteiger partial charge in [0.2, 0.25) is 5.84 Å². The SMILES string of the molecule is COCCC1=NC(=NNc2cccc(C3CCN(CC(=O)O)CC3)c2O)C(=O)N1c1ccc(C)c(C)c1. The first-order chi connectivity index (χ1) is 17.8. The van der Waals surface area contributed by atoms with Crippen molar-refractivity contribution in [2.75, 3.05) is 43.7 Å². The number of amidine groups is 2. The van der Waals surface area contributed by atoms with E-state index in [1.54, 1.807) is 18.1 Å². The Kier molecular flexibility index (Phi) is 8.20. The van der Waals surface area contributed by atoms with Crippen LogP contribution in [0.2, 0.25) is 0 Å². The highest BCUT2D eigenvalue weighted by Crippen LogP contribution is 2.38. The Morgan fingerprint density at radius 1 is 1.19 bits per heavy atom. The van der Waals surface area contributed by atoms with E-state index in [1.165, 1.54) is 0 Å². The molecule has 10 heteroatoms. The number of carboxylic acids is 1. The summed E-state index contributed by atoms with van der Waals surface area (Å²) in [5.41, 5.74) is 6.90. The van der Waals surface area contributed by atoms with Crippen molar-refractivity contribution in [2.45, 2.75) is 39.0 Å². The number of amides is 1. The summed E-state index contributed by atoms with van der Waals surface area (Å²) >= 11 is 0. The van der Waals surface area contributed by atoms with Gasteiger partial charge in [0.05, 0.1) is 24.5 Å². The smallest absolute Gasteiger partial charge is 0.317 e. The molecule has 2 aromatic carbocycles. The molecule has 0 aliphatic carbocycles. The summed E-state index contributed by atoms with van der Waals surface area (Å²) in [5.74, 6) is -0.478. The number of aliphatic carboxylic acids is 1. The van der Waals surface area contributed by atoms with Crippen molar-refractivity contribution in [1.29, 1.82) is 0 Å². The van der Waals surface area contributed by atoms with Crippen LogP contribution in [0.15, 0.2) is 46.5 Å². The number of anilines is 2. The number of rotatable bonds is 9. The number of carboxylic acid groups (broad SMARTS) is 1. The van der Waals surface area contributed by atoms with Gasteiger partial charge in [-0.1, -0.05) is 18.2 Å². The van der Waals surface area contributed by atoms with Crippen LogP contribution in [-0.2, 0) is 14.3 Å². The first-order valence-electron chi connectivity index (χ1n) is 12.4. The highest BCUT2D eigenvalue weighted by molar-refractivity contribution is 6.54. The van der Waals surface area contributed by atoms with Crippen molar-refractivity contribution in [2.24, 2.45) is 10.1 Å². The topological polar surface area (TPSA) is 127 Å². The fraction of sp³-hybridized carbons (Fsp3) is 0.407. The normalized spacial score (nSPS) is 17.9. The Morgan fingerprint density at radius 3 is 2.62 bits per heavy atom. The molecular formula is C27H33N5O5. The average Bonchev–Trinajstić information content (AvgIpc) is 3.19. The molecule has 0 saturated carbocycles. The monoisotopic (exact) mass is 507 g/mol. The number of carbonyl (C=O) groups is 2. The van der Waals surface area contributed by atoms with Crippen molar-refractivity contribution < 1.29 is 24.5 Å². The molecule has 0 radical (unpaired) electrons. The van der Waals surface area contributed by atoms with E-state index in [4.69, 9.17) is 9.84 Å². The zero-order valence-electron chi connectivity index (χ0n) is 21.4. The number of nitrogens with zero attached hydrogens (tertiary/aromatic N) is 4. The molecule has 3 N–H and O–H groups in total. The lowest BCUT2D eigenvalue weighted by molar-refractivity contribution is -0.138. The molecule has 37 heavy (non-hydrogen) atoms. The molecule has 0 atom stereocenters. The first-order valence-corrected chi connectivity index (χ1v) is 12.4. The summed E-state index contributed by atoms with van der Waals surface area (Å²) in [6, 6.07) is 11.2. The number of hydrogen-bond donors (Lipinski definition) is 3. The van der Waals surface area contributed by atoms with Crippen LogP contribution in [0.5, 0.6) is 5.75 Å². The summed E-state index contributed by atoms with van der Waals surface area (Å²) in [6.45, 7) is 5.74. The van der Waals surface area contributed by atoms with E-state index in [0.29, 0.717) is 43.3 Å². The van der Waals surface area contributed by atoms with Crippen molar-refractivity contribution in [3.63, 3.8) is 0 Å². The molecule has 2 aliphatic heterocycles. The number of phenols is 1. The standard InChI is InChI=1S/C27H33N5O5/c1-17-7-8-20(15-18(17)2)32-23(11-14-37-3)28-26(27(32)36)30-29-22-6-4-5-21(25(22)35)19-9-12-31(13-10-19)16-24(33)34/h4-8,15,19,29,35H,9-14,16H2,1-3H3,(H,33,34). The fourth-order valence-corrected chi connectivity index (χ4v) is 4.69. The number of piperidine rings is 1. The lowest BCUT2D eigenvalue weighted by Crippen LogP contribution is -2.36. The number of aliphatic imine (C=N–C) groups is 1. The first kappa shape index (κ1) is 26.3.